The number of hydrogen-bond donors (Lipinski definition) is 2. The minimum atomic E-state index is -4.93. The number of anilines is 1. The molecule has 0 bridgehead atoms. The van der Waals surface area contributed by atoms with E-state index in [1.54, 1.807) is 24.3 Å². The molecule has 3 aromatic rings. The molecule has 0 atom stereocenters. The zero-order valence-electron chi connectivity index (χ0n) is 13.1. The largest absolute Gasteiger partial charge is 0.475 e. The number of carbonyl (C=O) groups is 2. The Hall–Kier alpha value is -3.29. The summed E-state index contributed by atoms with van der Waals surface area (Å²) in [7, 11) is 0. The first-order valence-electron chi connectivity index (χ1n) is 7.46. The Bertz CT molecular complexity index is 974. The van der Waals surface area contributed by atoms with E-state index < -0.39 is 23.5 Å². The number of para-hydroxylation sites is 1. The van der Waals surface area contributed by atoms with Crippen LogP contribution in [-0.4, -0.2) is 23.0 Å². The van der Waals surface area contributed by atoms with Gasteiger partial charge in [0.05, 0.1) is 0 Å². The highest BCUT2D eigenvalue weighted by molar-refractivity contribution is 6.00. The molecule has 2 aromatic carbocycles. The summed E-state index contributed by atoms with van der Waals surface area (Å²) in [5.74, 6) is -3.34. The Morgan fingerprint density at radius 2 is 1.69 bits per heavy atom. The summed E-state index contributed by atoms with van der Waals surface area (Å²) in [4.78, 5) is 22.5. The number of carboxylic acids is 1. The SMILES string of the molecule is O=C(O)c1oc2ccccc2c1CNc1ccc(C(=O)C(F)(F)F)cc1. The minimum absolute atomic E-state index is 0.0885. The fourth-order valence-corrected chi connectivity index (χ4v) is 2.54. The first-order chi connectivity index (χ1) is 12.3. The molecule has 0 unspecified atom stereocenters. The number of halogens is 3. The Kier molecular flexibility index (Phi) is 4.41. The summed E-state index contributed by atoms with van der Waals surface area (Å²) >= 11 is 0. The topological polar surface area (TPSA) is 79.5 Å². The second-order valence-electron chi connectivity index (χ2n) is 5.47. The highest BCUT2D eigenvalue weighted by Crippen LogP contribution is 2.27. The van der Waals surface area contributed by atoms with Crippen molar-refractivity contribution in [1.29, 1.82) is 0 Å². The number of nitrogens with one attached hydrogen (secondary N) is 1. The van der Waals surface area contributed by atoms with Crippen LogP contribution in [0.2, 0.25) is 0 Å². The molecule has 3 rings (SSSR count). The number of benzene rings is 2. The molecule has 26 heavy (non-hydrogen) atoms. The first kappa shape index (κ1) is 17.5. The average Bonchev–Trinajstić information content (AvgIpc) is 2.98. The van der Waals surface area contributed by atoms with Gasteiger partial charge in [-0.1, -0.05) is 18.2 Å². The second kappa shape index (κ2) is 6.55. The number of carbonyl (C=O) groups excluding carboxylic acids is 1. The summed E-state index contributed by atoms with van der Waals surface area (Å²) in [6.45, 7) is 0.0885. The molecule has 0 aliphatic rings. The third kappa shape index (κ3) is 3.39. The van der Waals surface area contributed by atoms with E-state index in [1.807, 2.05) is 0 Å². The lowest BCUT2D eigenvalue weighted by Crippen LogP contribution is -2.22. The van der Waals surface area contributed by atoms with Crippen molar-refractivity contribution >= 4 is 28.4 Å². The van der Waals surface area contributed by atoms with Gasteiger partial charge in [0, 0.05) is 28.7 Å². The lowest BCUT2D eigenvalue weighted by molar-refractivity contribution is -0.0885. The van der Waals surface area contributed by atoms with E-state index >= 15 is 0 Å². The number of ketones is 1. The Labute approximate surface area is 145 Å². The summed E-state index contributed by atoms with van der Waals surface area (Å²) in [6.07, 6.45) is -4.93. The number of fused-ring (bicyclic) bond motifs is 1. The van der Waals surface area contributed by atoms with Crippen LogP contribution in [0.25, 0.3) is 11.0 Å². The molecule has 0 fully saturated rings. The summed E-state index contributed by atoms with van der Waals surface area (Å²) in [6, 6.07) is 11.6. The maximum Gasteiger partial charge on any atom is 0.454 e. The molecule has 0 saturated carbocycles. The molecular formula is C18H12F3NO4. The summed E-state index contributed by atoms with van der Waals surface area (Å²) < 4.78 is 42.5. The van der Waals surface area contributed by atoms with E-state index in [1.165, 1.54) is 12.1 Å². The number of carboxylic acid groups (broad SMARTS) is 1. The Morgan fingerprint density at radius 3 is 2.31 bits per heavy atom. The molecular weight excluding hydrogens is 351 g/mol. The van der Waals surface area contributed by atoms with Gasteiger partial charge in [-0.2, -0.15) is 13.2 Å². The molecule has 0 aliphatic heterocycles. The van der Waals surface area contributed by atoms with Gasteiger partial charge in [-0.15, -0.1) is 0 Å². The number of aromatic carboxylic acids is 1. The third-order valence-electron chi connectivity index (χ3n) is 3.77. The number of hydrogen-bond acceptors (Lipinski definition) is 4. The smallest absolute Gasteiger partial charge is 0.454 e. The van der Waals surface area contributed by atoms with E-state index in [-0.39, 0.29) is 12.3 Å². The maximum absolute atomic E-state index is 12.4. The molecule has 134 valence electrons. The molecule has 5 nitrogen and oxygen atoms in total. The molecule has 1 heterocycles. The molecule has 0 radical (unpaired) electrons. The van der Waals surface area contributed by atoms with Gasteiger partial charge in [0.1, 0.15) is 5.58 Å². The van der Waals surface area contributed by atoms with Crippen molar-refractivity contribution in [2.45, 2.75) is 12.7 Å². The average molecular weight is 363 g/mol. The van der Waals surface area contributed by atoms with Crippen molar-refractivity contribution in [3.8, 4) is 0 Å². The van der Waals surface area contributed by atoms with Crippen molar-refractivity contribution in [3.63, 3.8) is 0 Å². The highest BCUT2D eigenvalue weighted by atomic mass is 19.4. The van der Waals surface area contributed by atoms with Gasteiger partial charge < -0.3 is 14.8 Å². The van der Waals surface area contributed by atoms with Crippen LogP contribution < -0.4 is 5.32 Å². The van der Waals surface area contributed by atoms with Gasteiger partial charge in [-0.3, -0.25) is 4.79 Å². The third-order valence-corrected chi connectivity index (χ3v) is 3.77. The first-order valence-corrected chi connectivity index (χ1v) is 7.46. The Balaban J connectivity index is 1.81. The van der Waals surface area contributed by atoms with E-state index in [0.717, 1.165) is 12.1 Å². The number of rotatable bonds is 5. The van der Waals surface area contributed by atoms with Gasteiger partial charge in [0.2, 0.25) is 5.76 Å². The van der Waals surface area contributed by atoms with Gasteiger partial charge in [0.15, 0.2) is 0 Å². The molecule has 8 heteroatoms. The van der Waals surface area contributed by atoms with Gasteiger partial charge >= 0.3 is 12.1 Å². The molecule has 0 saturated heterocycles. The van der Waals surface area contributed by atoms with Gasteiger partial charge in [-0.05, 0) is 30.3 Å². The number of Topliss-reactive ketones (excluding diaryl/α,β-unsaturated/α-hetero) is 1. The van der Waals surface area contributed by atoms with Crippen LogP contribution >= 0.6 is 0 Å². The number of furan rings is 1. The normalized spacial score (nSPS) is 11.5. The predicted molar refractivity (Wildman–Crippen MR) is 87.3 cm³/mol. The lowest BCUT2D eigenvalue weighted by atomic mass is 10.1. The van der Waals surface area contributed by atoms with Crippen LogP contribution in [0.1, 0.15) is 26.5 Å². The van der Waals surface area contributed by atoms with E-state index in [9.17, 15) is 27.9 Å². The van der Waals surface area contributed by atoms with E-state index in [4.69, 9.17) is 4.42 Å². The van der Waals surface area contributed by atoms with Crippen molar-refractivity contribution < 1.29 is 32.3 Å². The van der Waals surface area contributed by atoms with Crippen LogP contribution in [0.15, 0.2) is 52.9 Å². The van der Waals surface area contributed by atoms with Crippen LogP contribution in [-0.2, 0) is 6.54 Å². The fourth-order valence-electron chi connectivity index (χ4n) is 2.54. The Morgan fingerprint density at radius 1 is 1.04 bits per heavy atom. The standard InChI is InChI=1S/C18H12F3NO4/c19-18(20,21)16(23)10-5-7-11(8-6-10)22-9-13-12-3-1-2-4-14(12)26-15(13)17(24)25/h1-8,22H,9H2,(H,24,25). The second-order valence-corrected chi connectivity index (χ2v) is 5.47. The quantitative estimate of drug-likeness (QED) is 0.653. The van der Waals surface area contributed by atoms with E-state index in [2.05, 4.69) is 5.32 Å². The van der Waals surface area contributed by atoms with Gasteiger partial charge in [0.25, 0.3) is 5.78 Å². The predicted octanol–water partition coefficient (Wildman–Crippen LogP) is 4.49. The molecule has 2 N–H and O–H groups in total. The van der Waals surface area contributed by atoms with Crippen LogP contribution in [0, 0.1) is 0 Å². The van der Waals surface area contributed by atoms with Crippen molar-refractivity contribution in [1.82, 2.24) is 0 Å². The lowest BCUT2D eigenvalue weighted by Gasteiger charge is -2.08. The van der Waals surface area contributed by atoms with E-state index in [0.29, 0.717) is 22.2 Å². The minimum Gasteiger partial charge on any atom is -0.475 e. The summed E-state index contributed by atoms with van der Waals surface area (Å²) in [5, 5.41) is 12.8. The zero-order chi connectivity index (χ0) is 18.9. The fraction of sp³-hybridized carbons (Fsp3) is 0.111. The molecule has 0 spiro atoms. The summed E-state index contributed by atoms with van der Waals surface area (Å²) in [5.41, 5.74) is 0.810. The van der Waals surface area contributed by atoms with Crippen molar-refractivity contribution in [2.75, 3.05) is 5.32 Å². The van der Waals surface area contributed by atoms with Crippen LogP contribution in [0.4, 0.5) is 18.9 Å². The van der Waals surface area contributed by atoms with Crippen LogP contribution in [0.5, 0.6) is 0 Å². The van der Waals surface area contributed by atoms with Crippen LogP contribution in [0.3, 0.4) is 0 Å². The van der Waals surface area contributed by atoms with Crippen molar-refractivity contribution in [2.24, 2.45) is 0 Å². The van der Waals surface area contributed by atoms with Gasteiger partial charge in [-0.25, -0.2) is 4.79 Å². The zero-order valence-corrected chi connectivity index (χ0v) is 13.1. The molecule has 0 amide bonds. The van der Waals surface area contributed by atoms with Crippen molar-refractivity contribution in [3.05, 3.63) is 65.4 Å². The monoisotopic (exact) mass is 363 g/mol. The molecule has 0 aliphatic carbocycles. The highest BCUT2D eigenvalue weighted by Gasteiger charge is 2.39. The number of alkyl halides is 3. The maximum atomic E-state index is 12.4. The molecule has 1 aromatic heterocycles.